The number of alkyl halides is 1. The van der Waals surface area contributed by atoms with Gasteiger partial charge in [-0.05, 0) is 12.0 Å². The van der Waals surface area contributed by atoms with Gasteiger partial charge in [0.05, 0.1) is 6.61 Å². The molecule has 2 rings (SSSR count). The average molecular weight is 209 g/mol. The summed E-state index contributed by atoms with van der Waals surface area (Å²) in [5.74, 6) is 0. The van der Waals surface area contributed by atoms with Crippen LogP contribution in [0.4, 0.5) is 4.39 Å². The zero-order chi connectivity index (χ0) is 10.5. The van der Waals surface area contributed by atoms with Crippen molar-refractivity contribution >= 4 is 0 Å². The highest BCUT2D eigenvalue weighted by molar-refractivity contribution is 5.14. The topological polar surface area (TPSA) is 21.3 Å². The minimum Gasteiger partial charge on any atom is -0.378 e. The van der Waals surface area contributed by atoms with Crippen LogP contribution in [-0.4, -0.2) is 25.4 Å². The molecule has 2 atom stereocenters. The lowest BCUT2D eigenvalue weighted by Gasteiger charge is -2.27. The number of benzene rings is 1. The van der Waals surface area contributed by atoms with E-state index in [9.17, 15) is 4.39 Å². The molecule has 0 radical (unpaired) electrons. The first-order chi connectivity index (χ1) is 7.36. The Hall–Kier alpha value is -0.930. The van der Waals surface area contributed by atoms with Crippen LogP contribution in [0, 0.1) is 0 Å². The van der Waals surface area contributed by atoms with Crippen molar-refractivity contribution in [2.45, 2.75) is 25.2 Å². The Bertz CT molecular complexity index is 291. The quantitative estimate of drug-likeness (QED) is 0.821. The van der Waals surface area contributed by atoms with Gasteiger partial charge >= 0.3 is 0 Å². The van der Waals surface area contributed by atoms with Crippen molar-refractivity contribution in [2.24, 2.45) is 0 Å². The molecule has 15 heavy (non-hydrogen) atoms. The highest BCUT2D eigenvalue weighted by Gasteiger charge is 2.24. The van der Waals surface area contributed by atoms with E-state index >= 15 is 0 Å². The van der Waals surface area contributed by atoms with Crippen LogP contribution in [-0.2, 0) is 11.3 Å². The predicted octanol–water partition coefficient (Wildman–Crippen LogP) is 1.90. The van der Waals surface area contributed by atoms with E-state index in [0.29, 0.717) is 6.61 Å². The second-order valence-electron chi connectivity index (χ2n) is 3.85. The molecule has 2 nitrogen and oxygen atoms in total. The average Bonchev–Trinajstić information content (AvgIpc) is 2.29. The highest BCUT2D eigenvalue weighted by atomic mass is 19.1. The van der Waals surface area contributed by atoms with Crippen LogP contribution >= 0.6 is 0 Å². The zero-order valence-corrected chi connectivity index (χ0v) is 8.66. The Morgan fingerprint density at radius 2 is 2.13 bits per heavy atom. The molecule has 0 aromatic heterocycles. The first kappa shape index (κ1) is 10.6. The van der Waals surface area contributed by atoms with Gasteiger partial charge in [-0.25, -0.2) is 4.39 Å². The lowest BCUT2D eigenvalue weighted by Crippen LogP contribution is -2.43. The van der Waals surface area contributed by atoms with Gasteiger partial charge in [0.15, 0.2) is 0 Å². The Kier molecular flexibility index (Phi) is 3.69. The van der Waals surface area contributed by atoms with Gasteiger partial charge in [-0.1, -0.05) is 30.3 Å². The molecule has 1 aromatic rings. The molecule has 82 valence electrons. The van der Waals surface area contributed by atoms with Gasteiger partial charge in [0.1, 0.15) is 6.17 Å². The molecule has 1 saturated heterocycles. The van der Waals surface area contributed by atoms with Crippen molar-refractivity contribution in [3.8, 4) is 0 Å². The molecule has 0 saturated carbocycles. The van der Waals surface area contributed by atoms with Gasteiger partial charge in [0.25, 0.3) is 0 Å². The number of hydrogen-bond acceptors (Lipinski definition) is 2. The summed E-state index contributed by atoms with van der Waals surface area (Å²) >= 11 is 0. The van der Waals surface area contributed by atoms with E-state index in [2.05, 4.69) is 5.32 Å². The molecule has 0 bridgehead atoms. The minimum absolute atomic E-state index is 0.0565. The van der Waals surface area contributed by atoms with Gasteiger partial charge in [-0.3, -0.25) is 0 Å². The maximum absolute atomic E-state index is 13.4. The van der Waals surface area contributed by atoms with Crippen LogP contribution in [0.15, 0.2) is 30.3 Å². The molecule has 3 heteroatoms. The van der Waals surface area contributed by atoms with Crippen molar-refractivity contribution in [2.75, 3.05) is 13.2 Å². The molecule has 1 fully saturated rings. The van der Waals surface area contributed by atoms with Crippen LogP contribution in [0.25, 0.3) is 0 Å². The lowest BCUT2D eigenvalue weighted by atomic mass is 10.1. The van der Waals surface area contributed by atoms with Crippen LogP contribution < -0.4 is 5.32 Å². The first-order valence-corrected chi connectivity index (χ1v) is 5.35. The summed E-state index contributed by atoms with van der Waals surface area (Å²) in [5, 5.41) is 3.23. The van der Waals surface area contributed by atoms with E-state index in [1.807, 2.05) is 30.3 Å². The normalized spacial score (nSPS) is 26.5. The summed E-state index contributed by atoms with van der Waals surface area (Å²) in [6.45, 7) is 1.62. The number of halogens is 1. The van der Waals surface area contributed by atoms with E-state index in [1.54, 1.807) is 0 Å². The molecule has 0 aliphatic carbocycles. The summed E-state index contributed by atoms with van der Waals surface area (Å²) in [6, 6.07) is 10.00. The summed E-state index contributed by atoms with van der Waals surface area (Å²) in [6.07, 6.45) is -0.115. The van der Waals surface area contributed by atoms with Gasteiger partial charge in [0, 0.05) is 19.2 Å². The third kappa shape index (κ3) is 3.01. The first-order valence-electron chi connectivity index (χ1n) is 5.35. The van der Waals surface area contributed by atoms with E-state index in [-0.39, 0.29) is 12.6 Å². The van der Waals surface area contributed by atoms with Crippen molar-refractivity contribution in [3.63, 3.8) is 0 Å². The van der Waals surface area contributed by atoms with E-state index in [4.69, 9.17) is 4.74 Å². The Labute approximate surface area is 89.4 Å². The van der Waals surface area contributed by atoms with Gasteiger partial charge in [-0.15, -0.1) is 0 Å². The summed E-state index contributed by atoms with van der Waals surface area (Å²) in [5.41, 5.74) is 1.19. The minimum atomic E-state index is -0.873. The van der Waals surface area contributed by atoms with Crippen LogP contribution in [0.5, 0.6) is 0 Å². The van der Waals surface area contributed by atoms with Gasteiger partial charge < -0.3 is 10.1 Å². The highest BCUT2D eigenvalue weighted by Crippen LogP contribution is 2.11. The SMILES string of the molecule is F[C@@H]1COCC[C@H]1NCc1ccccc1. The second kappa shape index (κ2) is 5.24. The summed E-state index contributed by atoms with van der Waals surface area (Å²) < 4.78 is 18.4. The summed E-state index contributed by atoms with van der Waals surface area (Å²) in [7, 11) is 0. The molecule has 1 aromatic carbocycles. The fourth-order valence-electron chi connectivity index (χ4n) is 1.78. The fourth-order valence-corrected chi connectivity index (χ4v) is 1.78. The van der Waals surface area contributed by atoms with Crippen LogP contribution in [0.1, 0.15) is 12.0 Å². The van der Waals surface area contributed by atoms with E-state index < -0.39 is 6.17 Å². The second-order valence-corrected chi connectivity index (χ2v) is 3.85. The number of nitrogens with one attached hydrogen (secondary N) is 1. The Morgan fingerprint density at radius 1 is 1.33 bits per heavy atom. The molecule has 1 heterocycles. The molecule has 1 N–H and O–H groups in total. The largest absolute Gasteiger partial charge is 0.378 e. The van der Waals surface area contributed by atoms with Gasteiger partial charge in [0.2, 0.25) is 0 Å². The lowest BCUT2D eigenvalue weighted by molar-refractivity contribution is 0.0135. The van der Waals surface area contributed by atoms with E-state index in [1.165, 1.54) is 5.56 Å². The molecule has 0 amide bonds. The van der Waals surface area contributed by atoms with Crippen molar-refractivity contribution in [1.82, 2.24) is 5.32 Å². The zero-order valence-electron chi connectivity index (χ0n) is 8.66. The van der Waals surface area contributed by atoms with Crippen LogP contribution in [0.3, 0.4) is 0 Å². The predicted molar refractivity (Wildman–Crippen MR) is 57.4 cm³/mol. The van der Waals surface area contributed by atoms with E-state index in [0.717, 1.165) is 13.0 Å². The number of hydrogen-bond donors (Lipinski definition) is 1. The Balaban J connectivity index is 1.82. The fraction of sp³-hybridized carbons (Fsp3) is 0.500. The number of rotatable bonds is 3. The third-order valence-electron chi connectivity index (χ3n) is 2.70. The smallest absolute Gasteiger partial charge is 0.139 e. The van der Waals surface area contributed by atoms with Crippen molar-refractivity contribution in [1.29, 1.82) is 0 Å². The molecule has 1 aliphatic rings. The molecule has 0 unspecified atom stereocenters. The standard InChI is InChI=1S/C12H16FNO/c13-11-9-15-7-6-12(11)14-8-10-4-2-1-3-5-10/h1-5,11-12,14H,6-9H2/t11-,12-/m1/s1. The molecule has 0 spiro atoms. The molecular formula is C12H16FNO. The third-order valence-corrected chi connectivity index (χ3v) is 2.70. The van der Waals surface area contributed by atoms with Crippen LogP contribution in [0.2, 0.25) is 0 Å². The Morgan fingerprint density at radius 3 is 2.87 bits per heavy atom. The maximum Gasteiger partial charge on any atom is 0.139 e. The van der Waals surface area contributed by atoms with Crippen molar-refractivity contribution < 1.29 is 9.13 Å². The molecular weight excluding hydrogens is 193 g/mol. The monoisotopic (exact) mass is 209 g/mol. The maximum atomic E-state index is 13.4. The summed E-state index contributed by atoms with van der Waals surface area (Å²) in [4.78, 5) is 0. The van der Waals surface area contributed by atoms with Crippen molar-refractivity contribution in [3.05, 3.63) is 35.9 Å². The van der Waals surface area contributed by atoms with Gasteiger partial charge in [-0.2, -0.15) is 0 Å². The molecule has 1 aliphatic heterocycles. The number of ether oxygens (including phenoxy) is 1.